The van der Waals surface area contributed by atoms with Crippen LogP contribution in [-0.4, -0.2) is 23.9 Å². The highest BCUT2D eigenvalue weighted by atomic mass is 32.1. The van der Waals surface area contributed by atoms with E-state index in [1.165, 1.54) is 12.1 Å². The minimum Gasteiger partial charge on any atom is -0.339 e. The maximum Gasteiger partial charge on any atom is 0.256 e. The van der Waals surface area contributed by atoms with Gasteiger partial charge in [0, 0.05) is 18.0 Å². The second kappa shape index (κ2) is 5.95. The SMILES string of the molecule is CC(C)C1CCN(C(=O)c2cc(S)ccc2F)CC1. The molecule has 1 saturated heterocycles. The molecular weight excluding hydrogens is 261 g/mol. The van der Waals surface area contributed by atoms with Crippen LogP contribution in [0.1, 0.15) is 37.0 Å². The van der Waals surface area contributed by atoms with Crippen molar-refractivity contribution in [2.75, 3.05) is 13.1 Å². The Labute approximate surface area is 119 Å². The Balaban J connectivity index is 2.07. The van der Waals surface area contributed by atoms with Crippen molar-refractivity contribution in [1.82, 2.24) is 4.90 Å². The van der Waals surface area contributed by atoms with Crippen LogP contribution in [0.15, 0.2) is 23.1 Å². The molecule has 0 bridgehead atoms. The van der Waals surface area contributed by atoms with Gasteiger partial charge in [0.25, 0.3) is 5.91 Å². The predicted molar refractivity (Wildman–Crippen MR) is 77.1 cm³/mol. The van der Waals surface area contributed by atoms with Crippen LogP contribution in [-0.2, 0) is 0 Å². The van der Waals surface area contributed by atoms with Crippen LogP contribution in [0.2, 0.25) is 0 Å². The topological polar surface area (TPSA) is 20.3 Å². The second-order valence-electron chi connectivity index (χ2n) is 5.54. The third-order valence-electron chi connectivity index (χ3n) is 3.95. The predicted octanol–water partition coefficient (Wildman–Crippen LogP) is 3.62. The lowest BCUT2D eigenvalue weighted by molar-refractivity contribution is 0.0662. The Bertz CT molecular complexity index is 467. The van der Waals surface area contributed by atoms with Crippen molar-refractivity contribution in [3.63, 3.8) is 0 Å². The third-order valence-corrected chi connectivity index (χ3v) is 4.23. The number of nitrogens with zero attached hydrogens (tertiary/aromatic N) is 1. The lowest BCUT2D eigenvalue weighted by Gasteiger charge is -2.34. The van der Waals surface area contributed by atoms with Gasteiger partial charge in [0.1, 0.15) is 5.82 Å². The van der Waals surface area contributed by atoms with Gasteiger partial charge in [-0.3, -0.25) is 4.79 Å². The molecular formula is C15H20FNOS. The average molecular weight is 281 g/mol. The monoisotopic (exact) mass is 281 g/mol. The normalized spacial score (nSPS) is 17.0. The molecule has 2 nitrogen and oxygen atoms in total. The van der Waals surface area contributed by atoms with Gasteiger partial charge in [0.2, 0.25) is 0 Å². The fourth-order valence-corrected chi connectivity index (χ4v) is 2.82. The molecule has 2 rings (SSSR count). The molecule has 1 aliphatic heterocycles. The number of thiol groups is 1. The van der Waals surface area contributed by atoms with Gasteiger partial charge in [-0.25, -0.2) is 4.39 Å². The van der Waals surface area contributed by atoms with E-state index in [1.54, 1.807) is 11.0 Å². The van der Waals surface area contributed by atoms with Gasteiger partial charge in [0.15, 0.2) is 0 Å². The first-order valence-electron chi connectivity index (χ1n) is 6.77. The number of likely N-dealkylation sites (tertiary alicyclic amines) is 1. The summed E-state index contributed by atoms with van der Waals surface area (Å²) in [5.41, 5.74) is 0.135. The summed E-state index contributed by atoms with van der Waals surface area (Å²) in [6.07, 6.45) is 2.01. The van der Waals surface area contributed by atoms with Crippen LogP contribution < -0.4 is 0 Å². The number of hydrogen-bond donors (Lipinski definition) is 1. The Morgan fingerprint density at radius 2 is 2.00 bits per heavy atom. The Morgan fingerprint density at radius 1 is 1.37 bits per heavy atom. The van der Waals surface area contributed by atoms with Crippen molar-refractivity contribution in [3.05, 3.63) is 29.6 Å². The Kier molecular flexibility index (Phi) is 4.50. The van der Waals surface area contributed by atoms with Crippen molar-refractivity contribution in [2.45, 2.75) is 31.6 Å². The first kappa shape index (κ1) is 14.4. The number of amides is 1. The van der Waals surface area contributed by atoms with E-state index in [2.05, 4.69) is 26.5 Å². The highest BCUT2D eigenvalue weighted by Gasteiger charge is 2.26. The number of halogens is 1. The minimum atomic E-state index is -0.464. The van der Waals surface area contributed by atoms with Crippen LogP contribution in [0.5, 0.6) is 0 Å². The van der Waals surface area contributed by atoms with E-state index in [-0.39, 0.29) is 11.5 Å². The average Bonchev–Trinajstić information content (AvgIpc) is 2.41. The molecule has 4 heteroatoms. The van der Waals surface area contributed by atoms with Crippen molar-refractivity contribution < 1.29 is 9.18 Å². The summed E-state index contributed by atoms with van der Waals surface area (Å²) < 4.78 is 13.7. The van der Waals surface area contributed by atoms with Gasteiger partial charge in [-0.15, -0.1) is 12.6 Å². The van der Waals surface area contributed by atoms with Gasteiger partial charge in [0.05, 0.1) is 5.56 Å². The van der Waals surface area contributed by atoms with E-state index in [4.69, 9.17) is 0 Å². The first-order valence-corrected chi connectivity index (χ1v) is 7.21. The van der Waals surface area contributed by atoms with Crippen molar-refractivity contribution in [3.8, 4) is 0 Å². The molecule has 1 fully saturated rings. The molecule has 104 valence electrons. The van der Waals surface area contributed by atoms with Crippen LogP contribution in [0.25, 0.3) is 0 Å². The zero-order chi connectivity index (χ0) is 14.0. The zero-order valence-electron chi connectivity index (χ0n) is 11.4. The van der Waals surface area contributed by atoms with Crippen LogP contribution in [0, 0.1) is 17.7 Å². The lowest BCUT2D eigenvalue weighted by atomic mass is 9.86. The van der Waals surface area contributed by atoms with Crippen LogP contribution >= 0.6 is 12.6 Å². The largest absolute Gasteiger partial charge is 0.339 e. The number of piperidine rings is 1. The maximum absolute atomic E-state index is 13.7. The summed E-state index contributed by atoms with van der Waals surface area (Å²) in [5, 5.41) is 0. The summed E-state index contributed by atoms with van der Waals surface area (Å²) in [7, 11) is 0. The van der Waals surface area contributed by atoms with Gasteiger partial charge >= 0.3 is 0 Å². The Morgan fingerprint density at radius 3 is 2.58 bits per heavy atom. The highest BCUT2D eigenvalue weighted by molar-refractivity contribution is 7.80. The van der Waals surface area contributed by atoms with Crippen LogP contribution in [0.4, 0.5) is 4.39 Å². The maximum atomic E-state index is 13.7. The summed E-state index contributed by atoms with van der Waals surface area (Å²) >= 11 is 4.16. The molecule has 1 aromatic rings. The van der Waals surface area contributed by atoms with Gasteiger partial charge < -0.3 is 4.90 Å². The van der Waals surface area contributed by atoms with Gasteiger partial charge in [-0.2, -0.15) is 0 Å². The number of hydrogen-bond acceptors (Lipinski definition) is 2. The van der Waals surface area contributed by atoms with E-state index in [9.17, 15) is 9.18 Å². The molecule has 0 radical (unpaired) electrons. The molecule has 1 amide bonds. The molecule has 0 saturated carbocycles. The molecule has 0 aromatic heterocycles. The smallest absolute Gasteiger partial charge is 0.256 e. The van der Waals surface area contributed by atoms with Gasteiger partial charge in [-0.1, -0.05) is 13.8 Å². The van der Waals surface area contributed by atoms with E-state index in [1.807, 2.05) is 0 Å². The number of rotatable bonds is 2. The molecule has 19 heavy (non-hydrogen) atoms. The third kappa shape index (κ3) is 3.30. The number of carbonyl (C=O) groups excluding carboxylic acids is 1. The van der Waals surface area contributed by atoms with Crippen molar-refractivity contribution in [1.29, 1.82) is 0 Å². The Hall–Kier alpha value is -1.03. The molecule has 0 N–H and O–H groups in total. The molecule has 1 aliphatic rings. The van der Waals surface area contributed by atoms with Gasteiger partial charge in [-0.05, 0) is 42.9 Å². The number of benzene rings is 1. The van der Waals surface area contributed by atoms with E-state index < -0.39 is 5.82 Å². The summed E-state index contributed by atoms with van der Waals surface area (Å²) in [4.78, 5) is 14.7. The number of carbonyl (C=O) groups is 1. The molecule has 0 atom stereocenters. The second-order valence-corrected chi connectivity index (χ2v) is 6.05. The van der Waals surface area contributed by atoms with Crippen molar-refractivity contribution >= 4 is 18.5 Å². The molecule has 1 heterocycles. The van der Waals surface area contributed by atoms with E-state index >= 15 is 0 Å². The highest BCUT2D eigenvalue weighted by Crippen LogP contribution is 2.26. The van der Waals surface area contributed by atoms with Crippen LogP contribution in [0.3, 0.4) is 0 Å². The molecule has 0 spiro atoms. The molecule has 0 aliphatic carbocycles. The zero-order valence-corrected chi connectivity index (χ0v) is 12.3. The summed E-state index contributed by atoms with van der Waals surface area (Å²) in [6.45, 7) is 5.87. The van der Waals surface area contributed by atoms with E-state index in [0.717, 1.165) is 25.9 Å². The first-order chi connectivity index (χ1) is 8.99. The minimum absolute atomic E-state index is 0.135. The molecule has 1 aromatic carbocycles. The summed E-state index contributed by atoms with van der Waals surface area (Å²) in [6, 6.07) is 4.37. The fraction of sp³-hybridized carbons (Fsp3) is 0.533. The standard InChI is InChI=1S/C15H20FNOS/c1-10(2)11-5-7-17(8-6-11)15(18)13-9-12(19)3-4-14(13)16/h3-4,9-11,19H,5-8H2,1-2H3. The van der Waals surface area contributed by atoms with Crippen molar-refractivity contribution in [2.24, 2.45) is 11.8 Å². The summed E-state index contributed by atoms with van der Waals surface area (Å²) in [5.74, 6) is 0.643. The fourth-order valence-electron chi connectivity index (χ4n) is 2.62. The quantitative estimate of drug-likeness (QED) is 0.821. The lowest BCUT2D eigenvalue weighted by Crippen LogP contribution is -2.39. The van der Waals surface area contributed by atoms with E-state index in [0.29, 0.717) is 16.7 Å². The molecule has 0 unspecified atom stereocenters.